The molecule has 2 nitrogen and oxygen atoms in total. The lowest BCUT2D eigenvalue weighted by atomic mass is 10.1. The Labute approximate surface area is 106 Å². The number of nitrogens with two attached hydrogens (primary N) is 1. The third-order valence-corrected chi connectivity index (χ3v) is 2.73. The number of ether oxygens (including phenoxy) is 1. The normalized spacial score (nSPS) is 12.2. The van der Waals surface area contributed by atoms with Crippen LogP contribution in [0.25, 0.3) is 0 Å². The van der Waals surface area contributed by atoms with Crippen LogP contribution in [0, 0.1) is 12.7 Å². The van der Waals surface area contributed by atoms with E-state index in [1.807, 2.05) is 38.1 Å². The summed E-state index contributed by atoms with van der Waals surface area (Å²) in [4.78, 5) is 0. The Bertz CT molecular complexity index is 535. The van der Waals surface area contributed by atoms with Gasteiger partial charge in [-0.05, 0) is 43.7 Å². The molecule has 2 rings (SSSR count). The lowest BCUT2D eigenvalue weighted by Gasteiger charge is -2.10. The van der Waals surface area contributed by atoms with Gasteiger partial charge in [-0.1, -0.05) is 23.8 Å². The predicted octanol–water partition coefficient (Wildman–Crippen LogP) is 3.95. The first-order valence-corrected chi connectivity index (χ1v) is 5.86. The predicted molar refractivity (Wildman–Crippen MR) is 70.3 cm³/mol. The molecule has 1 unspecified atom stereocenters. The highest BCUT2D eigenvalue weighted by Crippen LogP contribution is 2.26. The number of halogens is 1. The molecule has 0 amide bonds. The Morgan fingerprint density at radius 2 is 1.78 bits per heavy atom. The van der Waals surface area contributed by atoms with Crippen molar-refractivity contribution in [2.45, 2.75) is 19.9 Å². The Morgan fingerprint density at radius 3 is 2.33 bits per heavy atom. The SMILES string of the molecule is Cc1ccc(Oc2ccc(C(C)N)cc2F)cc1. The van der Waals surface area contributed by atoms with Crippen LogP contribution in [-0.4, -0.2) is 0 Å². The second-order valence-electron chi connectivity index (χ2n) is 4.39. The quantitative estimate of drug-likeness (QED) is 0.888. The van der Waals surface area contributed by atoms with Gasteiger partial charge in [0.25, 0.3) is 0 Å². The average molecular weight is 245 g/mol. The van der Waals surface area contributed by atoms with Gasteiger partial charge in [0.1, 0.15) is 5.75 Å². The molecule has 0 radical (unpaired) electrons. The van der Waals surface area contributed by atoms with E-state index in [0.717, 1.165) is 11.1 Å². The van der Waals surface area contributed by atoms with Crippen molar-refractivity contribution in [2.75, 3.05) is 0 Å². The van der Waals surface area contributed by atoms with E-state index in [4.69, 9.17) is 10.5 Å². The summed E-state index contributed by atoms with van der Waals surface area (Å²) in [6, 6.07) is 12.1. The summed E-state index contributed by atoms with van der Waals surface area (Å²) in [5.41, 5.74) is 7.58. The minimum atomic E-state index is -0.398. The molecule has 0 aliphatic rings. The first-order valence-electron chi connectivity index (χ1n) is 5.86. The molecule has 0 fully saturated rings. The third-order valence-electron chi connectivity index (χ3n) is 2.73. The molecule has 0 saturated carbocycles. The molecule has 0 aliphatic carbocycles. The van der Waals surface area contributed by atoms with E-state index >= 15 is 0 Å². The van der Waals surface area contributed by atoms with Crippen molar-refractivity contribution in [1.82, 2.24) is 0 Å². The summed E-state index contributed by atoms with van der Waals surface area (Å²) >= 11 is 0. The maximum atomic E-state index is 13.8. The van der Waals surface area contributed by atoms with Crippen LogP contribution in [0.4, 0.5) is 4.39 Å². The fraction of sp³-hybridized carbons (Fsp3) is 0.200. The van der Waals surface area contributed by atoms with E-state index in [1.165, 1.54) is 6.07 Å². The molecule has 3 heteroatoms. The highest BCUT2D eigenvalue weighted by molar-refractivity contribution is 5.36. The summed E-state index contributed by atoms with van der Waals surface area (Å²) in [5.74, 6) is 0.432. The number of benzene rings is 2. The van der Waals surface area contributed by atoms with Crippen molar-refractivity contribution in [3.63, 3.8) is 0 Å². The van der Waals surface area contributed by atoms with Crippen molar-refractivity contribution in [1.29, 1.82) is 0 Å². The largest absolute Gasteiger partial charge is 0.454 e. The first-order chi connectivity index (χ1) is 8.56. The molecular weight excluding hydrogens is 229 g/mol. The number of hydrogen-bond acceptors (Lipinski definition) is 2. The Balaban J connectivity index is 2.22. The Hall–Kier alpha value is -1.87. The molecule has 2 N–H and O–H groups in total. The fourth-order valence-corrected chi connectivity index (χ4v) is 1.62. The molecule has 1 atom stereocenters. The van der Waals surface area contributed by atoms with Gasteiger partial charge < -0.3 is 10.5 Å². The zero-order valence-corrected chi connectivity index (χ0v) is 10.5. The average Bonchev–Trinajstić information content (AvgIpc) is 2.34. The summed E-state index contributed by atoms with van der Waals surface area (Å²) in [6.45, 7) is 3.80. The van der Waals surface area contributed by atoms with Crippen LogP contribution in [0.3, 0.4) is 0 Å². The molecule has 0 bridgehead atoms. The van der Waals surface area contributed by atoms with Crippen LogP contribution in [-0.2, 0) is 0 Å². The van der Waals surface area contributed by atoms with Crippen molar-refractivity contribution in [3.8, 4) is 11.5 Å². The van der Waals surface area contributed by atoms with Gasteiger partial charge in [-0.3, -0.25) is 0 Å². The zero-order valence-electron chi connectivity index (χ0n) is 10.5. The lowest BCUT2D eigenvalue weighted by molar-refractivity contribution is 0.441. The van der Waals surface area contributed by atoms with Gasteiger partial charge in [-0.25, -0.2) is 4.39 Å². The molecule has 0 heterocycles. The van der Waals surface area contributed by atoms with Crippen molar-refractivity contribution < 1.29 is 9.13 Å². The maximum absolute atomic E-state index is 13.8. The third kappa shape index (κ3) is 2.87. The van der Waals surface area contributed by atoms with E-state index < -0.39 is 5.82 Å². The minimum Gasteiger partial charge on any atom is -0.454 e. The van der Waals surface area contributed by atoms with Gasteiger partial charge in [0.15, 0.2) is 11.6 Å². The molecule has 2 aromatic rings. The molecule has 2 aromatic carbocycles. The number of hydrogen-bond donors (Lipinski definition) is 1. The summed E-state index contributed by atoms with van der Waals surface area (Å²) in [6.07, 6.45) is 0. The zero-order chi connectivity index (χ0) is 13.1. The topological polar surface area (TPSA) is 35.2 Å². The standard InChI is InChI=1S/C15H16FNO/c1-10-3-6-13(7-4-10)18-15-8-5-12(11(2)17)9-14(15)16/h3-9,11H,17H2,1-2H3. The van der Waals surface area contributed by atoms with E-state index in [0.29, 0.717) is 5.75 Å². The highest BCUT2D eigenvalue weighted by atomic mass is 19.1. The molecule has 0 aromatic heterocycles. The molecule has 0 saturated heterocycles. The summed E-state index contributed by atoms with van der Waals surface area (Å²) in [5, 5.41) is 0. The van der Waals surface area contributed by atoms with E-state index in [9.17, 15) is 4.39 Å². The Kier molecular flexibility index (Phi) is 3.63. The molecule has 0 spiro atoms. The second kappa shape index (κ2) is 5.19. The number of aryl methyl sites for hydroxylation is 1. The van der Waals surface area contributed by atoms with Gasteiger partial charge in [0, 0.05) is 6.04 Å². The molecule has 18 heavy (non-hydrogen) atoms. The van der Waals surface area contributed by atoms with E-state index in [2.05, 4.69) is 0 Å². The Morgan fingerprint density at radius 1 is 1.11 bits per heavy atom. The van der Waals surface area contributed by atoms with Crippen molar-refractivity contribution in [3.05, 3.63) is 59.4 Å². The molecule has 0 aliphatic heterocycles. The smallest absolute Gasteiger partial charge is 0.166 e. The summed E-state index contributed by atoms with van der Waals surface area (Å²) in [7, 11) is 0. The van der Waals surface area contributed by atoms with Crippen LogP contribution in [0.2, 0.25) is 0 Å². The minimum absolute atomic E-state index is 0.187. The lowest BCUT2D eigenvalue weighted by Crippen LogP contribution is -2.05. The van der Waals surface area contributed by atoms with Crippen molar-refractivity contribution in [2.24, 2.45) is 5.73 Å². The highest BCUT2D eigenvalue weighted by Gasteiger charge is 2.08. The second-order valence-corrected chi connectivity index (χ2v) is 4.39. The van der Waals surface area contributed by atoms with Crippen LogP contribution < -0.4 is 10.5 Å². The number of rotatable bonds is 3. The van der Waals surface area contributed by atoms with Crippen LogP contribution in [0.1, 0.15) is 24.1 Å². The van der Waals surface area contributed by atoms with Gasteiger partial charge >= 0.3 is 0 Å². The van der Waals surface area contributed by atoms with Gasteiger partial charge in [0.05, 0.1) is 0 Å². The van der Waals surface area contributed by atoms with Gasteiger partial charge in [-0.15, -0.1) is 0 Å². The first kappa shape index (κ1) is 12.6. The van der Waals surface area contributed by atoms with E-state index in [-0.39, 0.29) is 11.8 Å². The monoisotopic (exact) mass is 245 g/mol. The molecular formula is C15H16FNO. The maximum Gasteiger partial charge on any atom is 0.166 e. The van der Waals surface area contributed by atoms with Crippen LogP contribution in [0.5, 0.6) is 11.5 Å². The van der Waals surface area contributed by atoms with Crippen LogP contribution in [0.15, 0.2) is 42.5 Å². The molecule has 94 valence electrons. The fourth-order valence-electron chi connectivity index (χ4n) is 1.62. The van der Waals surface area contributed by atoms with E-state index in [1.54, 1.807) is 12.1 Å². The van der Waals surface area contributed by atoms with Gasteiger partial charge in [-0.2, -0.15) is 0 Å². The van der Waals surface area contributed by atoms with Crippen LogP contribution >= 0.6 is 0 Å². The summed E-state index contributed by atoms with van der Waals surface area (Å²) < 4.78 is 19.3. The van der Waals surface area contributed by atoms with Crippen molar-refractivity contribution >= 4 is 0 Å². The van der Waals surface area contributed by atoms with Gasteiger partial charge in [0.2, 0.25) is 0 Å².